The van der Waals surface area contributed by atoms with Gasteiger partial charge in [-0.25, -0.2) is 9.46 Å². The molecule has 208 valence electrons. The van der Waals surface area contributed by atoms with Crippen LogP contribution in [0, 0.1) is 18.3 Å². The summed E-state index contributed by atoms with van der Waals surface area (Å²) in [7, 11) is -1.51. The molecule has 1 saturated heterocycles. The van der Waals surface area contributed by atoms with Crippen molar-refractivity contribution in [3.63, 3.8) is 0 Å². The summed E-state index contributed by atoms with van der Waals surface area (Å²) in [6.07, 6.45) is 6.81. The normalized spacial score (nSPS) is 24.9. The van der Waals surface area contributed by atoms with E-state index in [1.807, 2.05) is 0 Å². The Hall–Kier alpha value is -1.60. The smallest absolute Gasteiger partial charge is 0.330 e. The zero-order valence-electron chi connectivity index (χ0n) is 23.9. The molecule has 10 nitrogen and oxygen atoms in total. The Morgan fingerprint density at radius 3 is 2.59 bits per heavy atom. The fourth-order valence-corrected chi connectivity index (χ4v) is 6.92. The van der Waals surface area contributed by atoms with Crippen LogP contribution in [0.2, 0.25) is 0 Å². The lowest BCUT2D eigenvalue weighted by Gasteiger charge is -2.48. The van der Waals surface area contributed by atoms with Gasteiger partial charge in [0.15, 0.2) is 6.23 Å². The quantitative estimate of drug-likeness (QED) is 0.332. The van der Waals surface area contributed by atoms with Crippen molar-refractivity contribution >= 4 is 8.53 Å². The highest BCUT2D eigenvalue weighted by molar-refractivity contribution is 7.44. The van der Waals surface area contributed by atoms with Gasteiger partial charge in [-0.2, -0.15) is 5.26 Å². The van der Waals surface area contributed by atoms with Gasteiger partial charge in [-0.05, 0) is 54.4 Å². The Morgan fingerprint density at radius 2 is 1.97 bits per heavy atom. The zero-order chi connectivity index (χ0) is 27.9. The van der Waals surface area contributed by atoms with Gasteiger partial charge in [0.05, 0.1) is 25.7 Å². The molecule has 1 saturated carbocycles. The van der Waals surface area contributed by atoms with E-state index in [0.717, 1.165) is 25.7 Å². The molecule has 2 aliphatic rings. The Kier molecular flexibility index (Phi) is 10.3. The predicted molar refractivity (Wildman–Crippen MR) is 144 cm³/mol. The van der Waals surface area contributed by atoms with Gasteiger partial charge in [-0.3, -0.25) is 19.2 Å². The van der Waals surface area contributed by atoms with Gasteiger partial charge in [0.1, 0.15) is 5.60 Å². The van der Waals surface area contributed by atoms with Crippen molar-refractivity contribution in [1.29, 1.82) is 5.26 Å². The minimum absolute atomic E-state index is 0.0610. The Balaban J connectivity index is 1.91. The van der Waals surface area contributed by atoms with Crippen LogP contribution in [0.1, 0.15) is 86.3 Å². The van der Waals surface area contributed by atoms with E-state index in [2.05, 4.69) is 48.3 Å². The number of nitrogens with zero attached hydrogens (tertiary/aromatic N) is 4. The van der Waals surface area contributed by atoms with Gasteiger partial charge in [-0.1, -0.05) is 19.3 Å². The average Bonchev–Trinajstić information content (AvgIpc) is 2.89. The summed E-state index contributed by atoms with van der Waals surface area (Å²) in [5.74, 6) is 0. The fourth-order valence-electron chi connectivity index (χ4n) is 5.23. The molecule has 11 heteroatoms. The number of aromatic nitrogens is 2. The average molecular weight is 539 g/mol. The second-order valence-corrected chi connectivity index (χ2v) is 12.2. The Labute approximate surface area is 223 Å². The minimum Gasteiger partial charge on any atom is -0.347 e. The van der Waals surface area contributed by atoms with E-state index >= 15 is 0 Å². The van der Waals surface area contributed by atoms with Gasteiger partial charge in [-0.15, -0.1) is 0 Å². The van der Waals surface area contributed by atoms with Crippen molar-refractivity contribution in [2.24, 2.45) is 0 Å². The molecule has 1 aromatic heterocycles. The Bertz CT molecular complexity index is 1050. The van der Waals surface area contributed by atoms with Crippen molar-refractivity contribution in [3.05, 3.63) is 32.6 Å². The van der Waals surface area contributed by atoms with E-state index in [1.165, 1.54) is 11.0 Å². The number of aromatic amines is 1. The first-order chi connectivity index (χ1) is 18.1. The van der Waals surface area contributed by atoms with Crippen molar-refractivity contribution in [1.82, 2.24) is 19.1 Å². The molecule has 1 aromatic rings. The Morgan fingerprint density at radius 1 is 1.27 bits per heavy atom. The number of H-pyrrole nitrogens is 1. The molecule has 37 heavy (non-hydrogen) atoms. The second kappa shape index (κ2) is 13.5. The SMILES string of the molecule is [2H]C[C@@]1(COP(OCCC#N)N(C(C)C)C(C)C)CN(C2CCCCC2)C[C@H](n2cc(C)c(=O)[nH]c2=O)O1. The molecule has 1 N–H and O–H groups in total. The highest BCUT2D eigenvalue weighted by atomic mass is 31.2. The molecule has 3 rings (SSSR count). The highest BCUT2D eigenvalue weighted by Gasteiger charge is 2.42. The lowest BCUT2D eigenvalue weighted by molar-refractivity contribution is -0.197. The summed E-state index contributed by atoms with van der Waals surface area (Å²) in [6, 6.07) is 2.76. The van der Waals surface area contributed by atoms with Crippen LogP contribution < -0.4 is 11.2 Å². The number of nitriles is 1. The van der Waals surface area contributed by atoms with Crippen LogP contribution in [0.3, 0.4) is 0 Å². The maximum absolute atomic E-state index is 12.8. The van der Waals surface area contributed by atoms with Crippen molar-refractivity contribution in [3.8, 4) is 6.07 Å². The predicted octanol–water partition coefficient (Wildman–Crippen LogP) is 4.06. The lowest BCUT2D eigenvalue weighted by atomic mass is 9.92. The number of ether oxygens (including phenoxy) is 1. The fraction of sp³-hybridized carbons (Fsp3) is 0.808. The summed E-state index contributed by atoms with van der Waals surface area (Å²) in [6.45, 7) is 11.3. The van der Waals surface area contributed by atoms with Crippen LogP contribution in [0.15, 0.2) is 15.8 Å². The van der Waals surface area contributed by atoms with Crippen molar-refractivity contribution < 1.29 is 15.2 Å². The first kappa shape index (κ1) is 28.4. The third-order valence-corrected chi connectivity index (χ3v) is 8.97. The van der Waals surface area contributed by atoms with E-state index in [9.17, 15) is 9.59 Å². The first-order valence-corrected chi connectivity index (χ1v) is 14.5. The van der Waals surface area contributed by atoms with Crippen LogP contribution in [-0.4, -0.2) is 69.2 Å². The maximum Gasteiger partial charge on any atom is 0.330 e. The summed E-state index contributed by atoms with van der Waals surface area (Å²) in [5, 5.41) is 9.02. The summed E-state index contributed by atoms with van der Waals surface area (Å²) in [4.78, 5) is 29.6. The molecule has 2 fully saturated rings. The summed E-state index contributed by atoms with van der Waals surface area (Å²) >= 11 is 0. The van der Waals surface area contributed by atoms with E-state index < -0.39 is 31.6 Å². The summed E-state index contributed by atoms with van der Waals surface area (Å²) in [5.41, 5.74) is -1.51. The van der Waals surface area contributed by atoms with E-state index in [1.54, 1.807) is 13.1 Å². The largest absolute Gasteiger partial charge is 0.347 e. The molecular weight excluding hydrogens is 493 g/mol. The lowest BCUT2D eigenvalue weighted by Crippen LogP contribution is -2.58. The number of nitrogens with one attached hydrogen (secondary N) is 1. The summed E-state index contributed by atoms with van der Waals surface area (Å²) < 4.78 is 31.2. The van der Waals surface area contributed by atoms with Crippen LogP contribution in [0.25, 0.3) is 0 Å². The molecule has 0 spiro atoms. The third-order valence-electron chi connectivity index (χ3n) is 6.92. The van der Waals surface area contributed by atoms with Crippen LogP contribution in [-0.2, 0) is 13.8 Å². The standard InChI is InChI=1S/C26H44N5O5P/c1-19(2)31(20(3)4)37(34-14-10-13-27)35-18-26(6)17-29(22-11-8-7-9-12-22)16-23(36-26)30-15-21(5)24(32)28-25(30)33/h15,19-20,22-23H,7-12,14,16-18H2,1-6H3,(H,28,32,33)/t23-,26+,37?/m1/s1/i6D. The molecule has 1 aliphatic heterocycles. The molecule has 3 atom stereocenters. The monoisotopic (exact) mass is 538 g/mol. The molecule has 0 radical (unpaired) electrons. The van der Waals surface area contributed by atoms with Crippen molar-refractivity contribution in [2.75, 3.05) is 26.3 Å². The van der Waals surface area contributed by atoms with Crippen LogP contribution in [0.4, 0.5) is 0 Å². The van der Waals surface area contributed by atoms with Gasteiger partial charge < -0.3 is 13.8 Å². The number of hydrogen-bond donors (Lipinski definition) is 1. The van der Waals surface area contributed by atoms with Crippen LogP contribution >= 0.6 is 8.53 Å². The molecule has 1 unspecified atom stereocenters. The first-order valence-electron chi connectivity index (χ1n) is 14.1. The van der Waals surface area contributed by atoms with Gasteiger partial charge >= 0.3 is 5.69 Å². The van der Waals surface area contributed by atoms with E-state index in [-0.39, 0.29) is 38.6 Å². The molecule has 0 aromatic carbocycles. The molecule has 1 aliphatic carbocycles. The topological polar surface area (TPSA) is 113 Å². The zero-order valence-corrected chi connectivity index (χ0v) is 23.8. The van der Waals surface area contributed by atoms with Gasteiger partial charge in [0, 0.05) is 44.3 Å². The maximum atomic E-state index is 12.8. The van der Waals surface area contributed by atoms with E-state index in [0.29, 0.717) is 24.7 Å². The van der Waals surface area contributed by atoms with Gasteiger partial charge in [0.25, 0.3) is 14.1 Å². The number of rotatable bonds is 11. The highest BCUT2D eigenvalue weighted by Crippen LogP contribution is 2.47. The molecule has 0 amide bonds. The number of aryl methyl sites for hydroxylation is 1. The van der Waals surface area contributed by atoms with Crippen LogP contribution in [0.5, 0.6) is 0 Å². The second-order valence-electron chi connectivity index (χ2n) is 10.8. The van der Waals surface area contributed by atoms with E-state index in [4.69, 9.17) is 20.4 Å². The number of hydrogen-bond acceptors (Lipinski definition) is 8. The van der Waals surface area contributed by atoms with Gasteiger partial charge in [0.2, 0.25) is 0 Å². The molecular formula is C26H44N5O5P. The third kappa shape index (κ3) is 7.95. The molecule has 0 bridgehead atoms. The van der Waals surface area contributed by atoms with Crippen molar-refractivity contribution in [2.45, 2.75) is 110 Å². The number of morpholine rings is 1. The molecule has 2 heterocycles. The minimum atomic E-state index is -1.51.